The van der Waals surface area contributed by atoms with E-state index in [1.54, 1.807) is 21.6 Å². The maximum absolute atomic E-state index is 14.2. The second kappa shape index (κ2) is 11.8. The maximum Gasteiger partial charge on any atom is 0.270 e. The molecular formula is C31H38FN3O4. The molecule has 2 amide bonds. The van der Waals surface area contributed by atoms with Crippen LogP contribution in [-0.2, 0) is 23.0 Å². The lowest BCUT2D eigenvalue weighted by molar-refractivity contribution is -0.170. The predicted octanol–water partition coefficient (Wildman–Crippen LogP) is 4.96. The number of para-hydroxylation sites is 1. The number of halogens is 1. The molecule has 208 valence electrons. The quantitative estimate of drug-likeness (QED) is 0.474. The number of unbranched alkanes of at least 4 members (excludes halogenated alkanes) is 1. The molecule has 1 saturated heterocycles. The van der Waals surface area contributed by atoms with Crippen LogP contribution in [0.3, 0.4) is 0 Å². The first-order chi connectivity index (χ1) is 18.9. The lowest BCUT2D eigenvalue weighted by Crippen LogP contribution is -2.62. The van der Waals surface area contributed by atoms with Gasteiger partial charge in [-0.25, -0.2) is 4.39 Å². The van der Waals surface area contributed by atoms with Crippen molar-refractivity contribution in [1.82, 2.24) is 14.4 Å². The number of hydrogen-bond donors (Lipinski definition) is 0. The largest absolute Gasteiger partial charge is 0.491 e. The number of aromatic nitrogens is 1. The van der Waals surface area contributed by atoms with Gasteiger partial charge in [0.15, 0.2) is 5.60 Å². The Bertz CT molecular complexity index is 1340. The number of morpholine rings is 1. The van der Waals surface area contributed by atoms with Crippen LogP contribution >= 0.6 is 0 Å². The topological polar surface area (TPSA) is 64.0 Å². The average Bonchev–Trinajstić information content (AvgIpc) is 3.27. The third kappa shape index (κ3) is 5.66. The Morgan fingerprint density at radius 2 is 1.92 bits per heavy atom. The summed E-state index contributed by atoms with van der Waals surface area (Å²) in [5, 5.41) is 0.678. The Hall–Kier alpha value is -3.39. The Morgan fingerprint density at radius 3 is 2.77 bits per heavy atom. The van der Waals surface area contributed by atoms with E-state index < -0.39 is 5.60 Å². The van der Waals surface area contributed by atoms with Crippen molar-refractivity contribution in [2.75, 3.05) is 39.4 Å². The molecule has 1 fully saturated rings. The zero-order valence-electron chi connectivity index (χ0n) is 23.0. The van der Waals surface area contributed by atoms with Gasteiger partial charge in [-0.15, -0.1) is 0 Å². The van der Waals surface area contributed by atoms with Crippen molar-refractivity contribution in [2.24, 2.45) is 7.05 Å². The zero-order chi connectivity index (χ0) is 27.4. The van der Waals surface area contributed by atoms with Crippen LogP contribution in [0, 0.1) is 5.82 Å². The first-order valence-corrected chi connectivity index (χ1v) is 14.1. The summed E-state index contributed by atoms with van der Waals surface area (Å²) in [7, 11) is 1.81. The lowest BCUT2D eigenvalue weighted by atomic mass is 9.90. The Kier molecular flexibility index (Phi) is 8.21. The minimum absolute atomic E-state index is 0.0648. The number of fused-ring (bicyclic) bond motifs is 2. The molecule has 2 aromatic carbocycles. The smallest absolute Gasteiger partial charge is 0.270 e. The predicted molar refractivity (Wildman–Crippen MR) is 148 cm³/mol. The summed E-state index contributed by atoms with van der Waals surface area (Å²) in [6, 6.07) is 14.4. The molecular weight excluding hydrogens is 497 g/mol. The van der Waals surface area contributed by atoms with E-state index in [2.05, 4.69) is 13.0 Å². The fraction of sp³-hybridized carbons (Fsp3) is 0.484. The first-order valence-electron chi connectivity index (χ1n) is 14.1. The van der Waals surface area contributed by atoms with Crippen LogP contribution in [0.5, 0.6) is 5.75 Å². The van der Waals surface area contributed by atoms with E-state index in [4.69, 9.17) is 9.47 Å². The molecule has 3 aromatic rings. The molecule has 1 aromatic heterocycles. The molecule has 1 unspecified atom stereocenters. The maximum atomic E-state index is 14.2. The van der Waals surface area contributed by atoms with Gasteiger partial charge in [-0.05, 0) is 68.0 Å². The molecule has 8 heteroatoms. The molecule has 2 aliphatic heterocycles. The number of nitrogens with zero attached hydrogens (tertiary/aromatic N) is 3. The van der Waals surface area contributed by atoms with Crippen LogP contribution in [0.2, 0.25) is 0 Å². The summed E-state index contributed by atoms with van der Waals surface area (Å²) < 4.78 is 28.1. The number of amides is 2. The van der Waals surface area contributed by atoms with Crippen molar-refractivity contribution in [2.45, 2.75) is 51.0 Å². The van der Waals surface area contributed by atoms with Crippen molar-refractivity contribution in [3.63, 3.8) is 0 Å². The van der Waals surface area contributed by atoms with E-state index in [0.717, 1.165) is 43.4 Å². The highest BCUT2D eigenvalue weighted by Gasteiger charge is 2.47. The molecule has 2 aliphatic rings. The molecule has 3 heterocycles. The van der Waals surface area contributed by atoms with Crippen LogP contribution in [0.15, 0.2) is 48.5 Å². The van der Waals surface area contributed by atoms with Gasteiger partial charge in [-0.3, -0.25) is 9.59 Å². The number of carbonyl (C=O) groups excluding carboxylic acids is 2. The lowest BCUT2D eigenvalue weighted by Gasteiger charge is -2.44. The SMILES string of the molecule is CCCCN1CCOc2ccccc2CCCCC2(CN(C(=O)c3cc4cc(F)ccc4n3C)CCO2)C1=O. The summed E-state index contributed by atoms with van der Waals surface area (Å²) in [6.45, 7) is 4.47. The molecule has 0 radical (unpaired) electrons. The van der Waals surface area contributed by atoms with E-state index in [9.17, 15) is 14.0 Å². The van der Waals surface area contributed by atoms with Crippen LogP contribution in [0.4, 0.5) is 4.39 Å². The van der Waals surface area contributed by atoms with Crippen molar-refractivity contribution in [3.05, 3.63) is 65.6 Å². The van der Waals surface area contributed by atoms with Crippen LogP contribution in [0.25, 0.3) is 10.9 Å². The van der Waals surface area contributed by atoms with Gasteiger partial charge in [0, 0.05) is 31.0 Å². The van der Waals surface area contributed by atoms with Gasteiger partial charge in [0.05, 0.1) is 19.7 Å². The normalized spacial score (nSPS) is 20.8. The molecule has 1 atom stereocenters. The minimum atomic E-state index is -1.10. The number of rotatable bonds is 4. The van der Waals surface area contributed by atoms with Gasteiger partial charge in [0.25, 0.3) is 11.8 Å². The third-order valence-corrected chi connectivity index (χ3v) is 8.02. The monoisotopic (exact) mass is 535 g/mol. The summed E-state index contributed by atoms with van der Waals surface area (Å²) in [5.41, 5.74) is 1.33. The van der Waals surface area contributed by atoms with Gasteiger partial charge in [0.2, 0.25) is 0 Å². The Morgan fingerprint density at radius 1 is 1.08 bits per heavy atom. The molecule has 0 N–H and O–H groups in total. The van der Waals surface area contributed by atoms with Crippen LogP contribution in [-0.4, -0.2) is 71.2 Å². The molecule has 39 heavy (non-hydrogen) atoms. The van der Waals surface area contributed by atoms with E-state index >= 15 is 0 Å². The summed E-state index contributed by atoms with van der Waals surface area (Å²) in [6.07, 6.45) is 4.92. The minimum Gasteiger partial charge on any atom is -0.491 e. The van der Waals surface area contributed by atoms with Crippen molar-refractivity contribution < 1.29 is 23.5 Å². The molecule has 0 bridgehead atoms. The second-order valence-corrected chi connectivity index (χ2v) is 10.7. The first kappa shape index (κ1) is 27.2. The van der Waals surface area contributed by atoms with E-state index in [1.165, 1.54) is 17.7 Å². The van der Waals surface area contributed by atoms with E-state index in [-0.39, 0.29) is 30.8 Å². The number of hydrogen-bond acceptors (Lipinski definition) is 4. The van der Waals surface area contributed by atoms with E-state index in [0.29, 0.717) is 43.7 Å². The van der Waals surface area contributed by atoms with Gasteiger partial charge in [-0.1, -0.05) is 31.5 Å². The summed E-state index contributed by atoms with van der Waals surface area (Å²) >= 11 is 0. The standard InChI is InChI=1S/C31H38FN3O4/c1-3-4-15-34-16-18-38-28-11-6-5-9-23(28)10-7-8-14-31(30(34)37)22-35(17-19-39-31)29(36)27-21-24-20-25(32)12-13-26(24)33(27)2/h5-6,9,11-13,20-21H,3-4,7-8,10,14-19,22H2,1-2H3. The van der Waals surface area contributed by atoms with Crippen molar-refractivity contribution in [1.29, 1.82) is 0 Å². The van der Waals surface area contributed by atoms with Crippen LogP contribution < -0.4 is 4.74 Å². The van der Waals surface area contributed by atoms with Gasteiger partial charge in [-0.2, -0.15) is 0 Å². The highest BCUT2D eigenvalue weighted by molar-refractivity contribution is 5.99. The molecule has 0 saturated carbocycles. The summed E-state index contributed by atoms with van der Waals surface area (Å²) in [5.74, 6) is 0.310. The molecule has 7 nitrogen and oxygen atoms in total. The summed E-state index contributed by atoms with van der Waals surface area (Å²) in [4.78, 5) is 31.6. The van der Waals surface area contributed by atoms with Gasteiger partial charge >= 0.3 is 0 Å². The number of benzene rings is 2. The Balaban J connectivity index is 1.42. The highest BCUT2D eigenvalue weighted by Crippen LogP contribution is 2.31. The number of aryl methyl sites for hydroxylation is 2. The highest BCUT2D eigenvalue weighted by atomic mass is 19.1. The zero-order valence-corrected chi connectivity index (χ0v) is 23.0. The van der Waals surface area contributed by atoms with E-state index in [1.807, 2.05) is 30.1 Å². The van der Waals surface area contributed by atoms with Crippen molar-refractivity contribution >= 4 is 22.7 Å². The van der Waals surface area contributed by atoms with Crippen molar-refractivity contribution in [3.8, 4) is 5.75 Å². The molecule has 0 aliphatic carbocycles. The molecule has 5 rings (SSSR count). The molecule has 1 spiro atoms. The van der Waals surface area contributed by atoms with Crippen LogP contribution in [0.1, 0.15) is 55.1 Å². The van der Waals surface area contributed by atoms with Gasteiger partial charge < -0.3 is 23.8 Å². The number of ether oxygens (including phenoxy) is 2. The second-order valence-electron chi connectivity index (χ2n) is 10.7. The van der Waals surface area contributed by atoms with Gasteiger partial charge in [0.1, 0.15) is 23.9 Å². The fourth-order valence-corrected chi connectivity index (χ4v) is 5.83. The fourth-order valence-electron chi connectivity index (χ4n) is 5.83. The average molecular weight is 536 g/mol. The Labute approximate surface area is 229 Å². The number of carbonyl (C=O) groups is 2. The third-order valence-electron chi connectivity index (χ3n) is 8.02.